The molecule has 122 valence electrons. The molecule has 0 saturated carbocycles. The van der Waals surface area contributed by atoms with Crippen molar-refractivity contribution in [2.45, 2.75) is 13.8 Å². The molecule has 2 aromatic rings. The number of para-hydroxylation sites is 2. The number of carbonyl (C=O) groups is 1. The van der Waals surface area contributed by atoms with E-state index in [1.165, 1.54) is 0 Å². The van der Waals surface area contributed by atoms with Gasteiger partial charge in [0.05, 0.1) is 18.8 Å². The third-order valence-electron chi connectivity index (χ3n) is 3.01. The summed E-state index contributed by atoms with van der Waals surface area (Å²) in [6, 6.07) is 14.7. The third kappa shape index (κ3) is 5.83. The number of benzene rings is 2. The smallest absolute Gasteiger partial charge is 0.243 e. The second-order valence-corrected chi connectivity index (χ2v) is 6.05. The van der Waals surface area contributed by atoms with Crippen LogP contribution < -0.4 is 15.4 Å². The number of carbonyl (C=O) groups excluding carboxylic acids is 1. The Kier molecular flexibility index (Phi) is 6.29. The minimum atomic E-state index is -0.148. The molecular weight excluding hydrogens is 312 g/mol. The molecule has 0 atom stereocenters. The van der Waals surface area contributed by atoms with E-state index >= 15 is 0 Å². The number of rotatable bonds is 7. The monoisotopic (exact) mass is 332 g/mol. The molecule has 0 saturated heterocycles. The summed E-state index contributed by atoms with van der Waals surface area (Å²) in [7, 11) is 0. The van der Waals surface area contributed by atoms with Crippen molar-refractivity contribution in [3.8, 4) is 5.75 Å². The maximum atomic E-state index is 12.1. The van der Waals surface area contributed by atoms with E-state index in [2.05, 4.69) is 24.5 Å². The van der Waals surface area contributed by atoms with Crippen LogP contribution in [0.2, 0.25) is 5.02 Å². The first-order valence-electron chi connectivity index (χ1n) is 7.55. The van der Waals surface area contributed by atoms with Gasteiger partial charge in [-0.1, -0.05) is 43.6 Å². The zero-order chi connectivity index (χ0) is 16.7. The SMILES string of the molecule is CC(C)COc1ccccc1NC(=O)CNc1cccc(Cl)c1. The highest BCUT2D eigenvalue weighted by molar-refractivity contribution is 6.30. The fraction of sp³-hybridized carbons (Fsp3) is 0.278. The fourth-order valence-electron chi connectivity index (χ4n) is 1.93. The van der Waals surface area contributed by atoms with Crippen LogP contribution in [0, 0.1) is 5.92 Å². The van der Waals surface area contributed by atoms with Crippen LogP contribution >= 0.6 is 11.6 Å². The molecule has 0 bridgehead atoms. The largest absolute Gasteiger partial charge is 0.491 e. The summed E-state index contributed by atoms with van der Waals surface area (Å²) in [6.07, 6.45) is 0. The Bertz CT molecular complexity index is 659. The maximum Gasteiger partial charge on any atom is 0.243 e. The highest BCUT2D eigenvalue weighted by Crippen LogP contribution is 2.24. The molecule has 23 heavy (non-hydrogen) atoms. The quantitative estimate of drug-likeness (QED) is 0.788. The van der Waals surface area contributed by atoms with Gasteiger partial charge in [0, 0.05) is 10.7 Å². The second-order valence-electron chi connectivity index (χ2n) is 5.61. The van der Waals surface area contributed by atoms with Gasteiger partial charge in [0.2, 0.25) is 5.91 Å². The van der Waals surface area contributed by atoms with Crippen LogP contribution in [0.3, 0.4) is 0 Å². The third-order valence-corrected chi connectivity index (χ3v) is 3.25. The van der Waals surface area contributed by atoms with Crippen LogP contribution in [0.25, 0.3) is 0 Å². The average Bonchev–Trinajstić information content (AvgIpc) is 2.52. The van der Waals surface area contributed by atoms with Crippen molar-refractivity contribution < 1.29 is 9.53 Å². The fourth-order valence-corrected chi connectivity index (χ4v) is 2.12. The van der Waals surface area contributed by atoms with Crippen LogP contribution in [0.15, 0.2) is 48.5 Å². The van der Waals surface area contributed by atoms with Crippen molar-refractivity contribution >= 4 is 28.9 Å². The Hall–Kier alpha value is -2.20. The highest BCUT2D eigenvalue weighted by Gasteiger charge is 2.08. The predicted molar refractivity (Wildman–Crippen MR) is 95.3 cm³/mol. The molecule has 2 aromatic carbocycles. The first-order chi connectivity index (χ1) is 11.0. The van der Waals surface area contributed by atoms with Gasteiger partial charge in [0.15, 0.2) is 0 Å². The molecule has 0 radical (unpaired) electrons. The number of nitrogens with one attached hydrogen (secondary N) is 2. The van der Waals surface area contributed by atoms with E-state index in [4.69, 9.17) is 16.3 Å². The van der Waals surface area contributed by atoms with Crippen LogP contribution in [-0.2, 0) is 4.79 Å². The van der Waals surface area contributed by atoms with Crippen LogP contribution in [-0.4, -0.2) is 19.1 Å². The molecule has 5 heteroatoms. The summed E-state index contributed by atoms with van der Waals surface area (Å²) >= 11 is 5.91. The Morgan fingerprint density at radius 2 is 1.96 bits per heavy atom. The van der Waals surface area contributed by atoms with Crippen molar-refractivity contribution in [1.29, 1.82) is 0 Å². The summed E-state index contributed by atoms with van der Waals surface area (Å²) in [5.41, 5.74) is 1.48. The van der Waals surface area contributed by atoms with Crippen molar-refractivity contribution in [2.24, 2.45) is 5.92 Å². The van der Waals surface area contributed by atoms with E-state index in [9.17, 15) is 4.79 Å². The zero-order valence-electron chi connectivity index (χ0n) is 13.3. The summed E-state index contributed by atoms with van der Waals surface area (Å²) in [5, 5.41) is 6.53. The number of amides is 1. The standard InChI is InChI=1S/C18H21ClN2O2/c1-13(2)12-23-17-9-4-3-8-16(17)21-18(22)11-20-15-7-5-6-14(19)10-15/h3-10,13,20H,11-12H2,1-2H3,(H,21,22). The molecule has 0 aliphatic carbocycles. The molecule has 0 spiro atoms. The summed E-state index contributed by atoms with van der Waals surface area (Å²) < 4.78 is 5.73. The minimum absolute atomic E-state index is 0.148. The molecule has 0 aliphatic heterocycles. The zero-order valence-corrected chi connectivity index (χ0v) is 14.1. The molecular formula is C18H21ClN2O2. The van der Waals surface area contributed by atoms with Gasteiger partial charge in [-0.25, -0.2) is 0 Å². The van der Waals surface area contributed by atoms with Gasteiger partial charge in [-0.3, -0.25) is 4.79 Å². The van der Waals surface area contributed by atoms with Crippen LogP contribution in [0.5, 0.6) is 5.75 Å². The molecule has 2 N–H and O–H groups in total. The van der Waals surface area contributed by atoms with E-state index in [0.29, 0.717) is 29.0 Å². The van der Waals surface area contributed by atoms with Crippen molar-refractivity contribution in [2.75, 3.05) is 23.8 Å². The molecule has 2 rings (SSSR count). The van der Waals surface area contributed by atoms with Crippen molar-refractivity contribution in [3.05, 3.63) is 53.6 Å². The number of ether oxygens (including phenoxy) is 1. The van der Waals surface area contributed by atoms with Crippen LogP contribution in [0.1, 0.15) is 13.8 Å². The molecule has 1 amide bonds. The normalized spacial score (nSPS) is 10.4. The number of halogens is 1. The van der Waals surface area contributed by atoms with E-state index in [0.717, 1.165) is 5.69 Å². The lowest BCUT2D eigenvalue weighted by molar-refractivity contribution is -0.114. The lowest BCUT2D eigenvalue weighted by Gasteiger charge is -2.14. The van der Waals surface area contributed by atoms with E-state index in [-0.39, 0.29) is 12.5 Å². The van der Waals surface area contributed by atoms with Gasteiger partial charge in [0.1, 0.15) is 5.75 Å². The predicted octanol–water partition coefficient (Wildman–Crippen LogP) is 4.43. The topological polar surface area (TPSA) is 50.4 Å². The summed E-state index contributed by atoms with van der Waals surface area (Å²) in [6.45, 7) is 4.92. The summed E-state index contributed by atoms with van der Waals surface area (Å²) in [4.78, 5) is 12.1. The van der Waals surface area contributed by atoms with Gasteiger partial charge in [-0.05, 0) is 36.2 Å². The van der Waals surface area contributed by atoms with E-state index in [1.807, 2.05) is 36.4 Å². The van der Waals surface area contributed by atoms with Crippen molar-refractivity contribution in [1.82, 2.24) is 0 Å². The molecule has 0 fully saturated rings. The lowest BCUT2D eigenvalue weighted by Crippen LogP contribution is -2.22. The van der Waals surface area contributed by atoms with E-state index < -0.39 is 0 Å². The lowest BCUT2D eigenvalue weighted by atomic mass is 10.2. The molecule has 0 heterocycles. The molecule has 0 aliphatic rings. The number of hydrogen-bond acceptors (Lipinski definition) is 3. The first-order valence-corrected chi connectivity index (χ1v) is 7.93. The Morgan fingerprint density at radius 1 is 1.17 bits per heavy atom. The van der Waals surface area contributed by atoms with Gasteiger partial charge >= 0.3 is 0 Å². The number of hydrogen-bond donors (Lipinski definition) is 2. The molecule has 0 unspecified atom stereocenters. The molecule has 4 nitrogen and oxygen atoms in total. The summed E-state index contributed by atoms with van der Waals surface area (Å²) in [5.74, 6) is 0.950. The van der Waals surface area contributed by atoms with Crippen molar-refractivity contribution in [3.63, 3.8) is 0 Å². The van der Waals surface area contributed by atoms with Gasteiger partial charge in [-0.2, -0.15) is 0 Å². The Balaban J connectivity index is 1.92. The van der Waals surface area contributed by atoms with Gasteiger partial charge in [0.25, 0.3) is 0 Å². The van der Waals surface area contributed by atoms with Crippen LogP contribution in [0.4, 0.5) is 11.4 Å². The average molecular weight is 333 g/mol. The Labute approximate surface area is 141 Å². The second kappa shape index (κ2) is 8.44. The molecule has 0 aromatic heterocycles. The number of anilines is 2. The maximum absolute atomic E-state index is 12.1. The van der Waals surface area contributed by atoms with Gasteiger partial charge < -0.3 is 15.4 Å². The minimum Gasteiger partial charge on any atom is -0.491 e. The highest BCUT2D eigenvalue weighted by atomic mass is 35.5. The van der Waals surface area contributed by atoms with E-state index in [1.54, 1.807) is 12.1 Å². The Morgan fingerprint density at radius 3 is 2.70 bits per heavy atom. The van der Waals surface area contributed by atoms with Gasteiger partial charge in [-0.15, -0.1) is 0 Å². The first kappa shape index (κ1) is 17.2.